The highest BCUT2D eigenvalue weighted by molar-refractivity contribution is 5.95. The van der Waals surface area contributed by atoms with E-state index in [4.69, 9.17) is 4.84 Å². The third kappa shape index (κ3) is 4.88. The summed E-state index contributed by atoms with van der Waals surface area (Å²) in [6, 6.07) is 13.4. The highest BCUT2D eigenvalue weighted by atomic mass is 19.1. The van der Waals surface area contributed by atoms with Crippen molar-refractivity contribution in [2.24, 2.45) is 0 Å². The third-order valence-corrected chi connectivity index (χ3v) is 2.64. The lowest BCUT2D eigenvalue weighted by atomic mass is 10.2. The topological polar surface area (TPSA) is 79.5 Å². The molecule has 0 aliphatic carbocycles. The van der Waals surface area contributed by atoms with E-state index in [0.717, 1.165) is 17.7 Å². The maximum absolute atomic E-state index is 12.7. The second kappa shape index (κ2) is 7.75. The number of rotatable bonds is 4. The fourth-order valence-corrected chi connectivity index (χ4v) is 1.57. The molecule has 0 atom stereocenters. The van der Waals surface area contributed by atoms with E-state index in [-0.39, 0.29) is 12.2 Å². The summed E-state index contributed by atoms with van der Waals surface area (Å²) in [5.74, 6) is -1.02. The Bertz CT molecular complexity index is 632. The number of urea groups is 1. The van der Waals surface area contributed by atoms with E-state index in [2.05, 4.69) is 16.3 Å². The highest BCUT2D eigenvalue weighted by Crippen LogP contribution is 2.02. The molecule has 0 aromatic heterocycles. The van der Waals surface area contributed by atoms with Gasteiger partial charge in [-0.25, -0.2) is 20.1 Å². The Morgan fingerprint density at radius 2 is 1.64 bits per heavy atom. The van der Waals surface area contributed by atoms with E-state index in [0.29, 0.717) is 0 Å². The standard InChI is InChI=1S/C15H14FN3O3/c16-13-8-6-12(7-9-13)14(20)17-18-15(21)19-22-10-11-4-2-1-3-5-11/h1-9H,10H2,(H,17,20)(H2,18,19,21). The molecule has 0 saturated heterocycles. The average molecular weight is 303 g/mol. The van der Waals surface area contributed by atoms with Crippen LogP contribution >= 0.6 is 0 Å². The zero-order valence-corrected chi connectivity index (χ0v) is 11.5. The molecule has 6 nitrogen and oxygen atoms in total. The van der Waals surface area contributed by atoms with Crippen molar-refractivity contribution in [2.45, 2.75) is 6.61 Å². The number of hydroxylamine groups is 1. The quantitative estimate of drug-likeness (QED) is 0.755. The van der Waals surface area contributed by atoms with Crippen LogP contribution in [0.4, 0.5) is 9.18 Å². The van der Waals surface area contributed by atoms with E-state index < -0.39 is 17.8 Å². The molecule has 0 radical (unpaired) electrons. The van der Waals surface area contributed by atoms with Crippen LogP contribution < -0.4 is 16.3 Å². The summed E-state index contributed by atoms with van der Waals surface area (Å²) in [6.45, 7) is 0.195. The summed E-state index contributed by atoms with van der Waals surface area (Å²) in [5, 5.41) is 0. The van der Waals surface area contributed by atoms with Gasteiger partial charge in [0.1, 0.15) is 5.82 Å². The van der Waals surface area contributed by atoms with Crippen LogP contribution in [0.3, 0.4) is 0 Å². The van der Waals surface area contributed by atoms with Gasteiger partial charge in [-0.15, -0.1) is 0 Å². The molecule has 0 bridgehead atoms. The first-order chi connectivity index (χ1) is 10.6. The Morgan fingerprint density at radius 1 is 0.955 bits per heavy atom. The first-order valence-electron chi connectivity index (χ1n) is 6.43. The number of amides is 3. The summed E-state index contributed by atoms with van der Waals surface area (Å²) in [5.41, 5.74) is 7.50. The predicted molar refractivity (Wildman–Crippen MR) is 76.8 cm³/mol. The van der Waals surface area contributed by atoms with Crippen LogP contribution in [0.5, 0.6) is 0 Å². The maximum atomic E-state index is 12.7. The summed E-state index contributed by atoms with van der Waals surface area (Å²) >= 11 is 0. The van der Waals surface area contributed by atoms with Crippen molar-refractivity contribution in [1.82, 2.24) is 16.3 Å². The lowest BCUT2D eigenvalue weighted by Crippen LogP contribution is -2.46. The van der Waals surface area contributed by atoms with Crippen molar-refractivity contribution < 1.29 is 18.8 Å². The highest BCUT2D eigenvalue weighted by Gasteiger charge is 2.07. The third-order valence-electron chi connectivity index (χ3n) is 2.64. The van der Waals surface area contributed by atoms with Gasteiger partial charge < -0.3 is 0 Å². The molecule has 114 valence electrons. The molecule has 2 aromatic carbocycles. The van der Waals surface area contributed by atoms with Crippen LogP contribution in [-0.2, 0) is 11.4 Å². The summed E-state index contributed by atoms with van der Waals surface area (Å²) in [7, 11) is 0. The molecule has 2 rings (SSSR count). The van der Waals surface area contributed by atoms with Crippen LogP contribution in [-0.4, -0.2) is 11.9 Å². The van der Waals surface area contributed by atoms with Crippen molar-refractivity contribution in [3.63, 3.8) is 0 Å². The minimum absolute atomic E-state index is 0.195. The molecule has 3 N–H and O–H groups in total. The van der Waals surface area contributed by atoms with E-state index in [1.165, 1.54) is 12.1 Å². The average Bonchev–Trinajstić information content (AvgIpc) is 2.54. The Hall–Kier alpha value is -2.93. The molecule has 0 fully saturated rings. The van der Waals surface area contributed by atoms with E-state index in [1.807, 2.05) is 30.3 Å². The normalized spacial score (nSPS) is 9.86. The Kier molecular flexibility index (Phi) is 5.44. The number of hydrazine groups is 1. The van der Waals surface area contributed by atoms with Gasteiger partial charge in [-0.1, -0.05) is 30.3 Å². The first kappa shape index (κ1) is 15.5. The molecule has 0 saturated carbocycles. The molecule has 0 spiro atoms. The van der Waals surface area contributed by atoms with Crippen LogP contribution in [0.1, 0.15) is 15.9 Å². The number of halogens is 1. The van der Waals surface area contributed by atoms with Crippen molar-refractivity contribution in [2.75, 3.05) is 0 Å². The van der Waals surface area contributed by atoms with Gasteiger partial charge in [0, 0.05) is 5.56 Å². The van der Waals surface area contributed by atoms with Crippen molar-refractivity contribution in [1.29, 1.82) is 0 Å². The fourth-order valence-electron chi connectivity index (χ4n) is 1.57. The molecule has 0 aliphatic rings. The lowest BCUT2D eigenvalue weighted by molar-refractivity contribution is 0.0474. The fraction of sp³-hybridized carbons (Fsp3) is 0.0667. The molecular formula is C15H14FN3O3. The van der Waals surface area contributed by atoms with Gasteiger partial charge in [-0.2, -0.15) is 0 Å². The van der Waals surface area contributed by atoms with Gasteiger partial charge in [-0.3, -0.25) is 15.1 Å². The van der Waals surface area contributed by atoms with Gasteiger partial charge in [0.2, 0.25) is 0 Å². The van der Waals surface area contributed by atoms with E-state index >= 15 is 0 Å². The Balaban J connectivity index is 1.69. The molecule has 0 aliphatic heterocycles. The minimum atomic E-state index is -0.730. The molecule has 2 aromatic rings. The molecule has 0 heterocycles. The van der Waals surface area contributed by atoms with Gasteiger partial charge in [0.25, 0.3) is 5.91 Å². The smallest absolute Gasteiger partial charge is 0.267 e. The lowest BCUT2D eigenvalue weighted by Gasteiger charge is -2.09. The SMILES string of the molecule is O=C(NNC(=O)c1ccc(F)cc1)NOCc1ccccc1. The summed E-state index contributed by atoms with van der Waals surface area (Å²) < 4.78 is 12.7. The van der Waals surface area contributed by atoms with Crippen molar-refractivity contribution in [3.05, 3.63) is 71.5 Å². The molecular weight excluding hydrogens is 289 g/mol. The number of benzene rings is 2. The van der Waals surface area contributed by atoms with Gasteiger partial charge >= 0.3 is 6.03 Å². The molecule has 22 heavy (non-hydrogen) atoms. The number of carbonyl (C=O) groups excluding carboxylic acids is 2. The number of hydrogen-bond acceptors (Lipinski definition) is 3. The number of carbonyl (C=O) groups is 2. The van der Waals surface area contributed by atoms with Gasteiger partial charge in [-0.05, 0) is 29.8 Å². The Morgan fingerprint density at radius 3 is 2.32 bits per heavy atom. The zero-order chi connectivity index (χ0) is 15.8. The van der Waals surface area contributed by atoms with Crippen molar-refractivity contribution >= 4 is 11.9 Å². The number of hydrogen-bond donors (Lipinski definition) is 3. The second-order valence-electron chi connectivity index (χ2n) is 4.29. The molecule has 7 heteroatoms. The predicted octanol–water partition coefficient (Wildman–Crippen LogP) is 1.90. The number of nitrogens with one attached hydrogen (secondary N) is 3. The maximum Gasteiger partial charge on any atom is 0.357 e. The second-order valence-corrected chi connectivity index (χ2v) is 4.29. The van der Waals surface area contributed by atoms with Gasteiger partial charge in [0.05, 0.1) is 6.61 Å². The molecule has 0 unspecified atom stereocenters. The molecule has 3 amide bonds. The zero-order valence-electron chi connectivity index (χ0n) is 11.5. The van der Waals surface area contributed by atoms with E-state index in [9.17, 15) is 14.0 Å². The minimum Gasteiger partial charge on any atom is -0.267 e. The summed E-state index contributed by atoms with van der Waals surface area (Å²) in [4.78, 5) is 28.0. The first-order valence-corrected chi connectivity index (χ1v) is 6.43. The van der Waals surface area contributed by atoms with Gasteiger partial charge in [0.15, 0.2) is 0 Å². The van der Waals surface area contributed by atoms with E-state index in [1.54, 1.807) is 0 Å². The Labute approximate surface area is 126 Å². The monoisotopic (exact) mass is 303 g/mol. The summed E-state index contributed by atoms with van der Waals surface area (Å²) in [6.07, 6.45) is 0. The van der Waals surface area contributed by atoms with Crippen LogP contribution in [0.2, 0.25) is 0 Å². The van der Waals surface area contributed by atoms with Crippen LogP contribution in [0, 0.1) is 5.82 Å². The van der Waals surface area contributed by atoms with Crippen LogP contribution in [0.15, 0.2) is 54.6 Å². The van der Waals surface area contributed by atoms with Crippen LogP contribution in [0.25, 0.3) is 0 Å². The largest absolute Gasteiger partial charge is 0.357 e. The van der Waals surface area contributed by atoms with Crippen molar-refractivity contribution in [3.8, 4) is 0 Å².